The number of hydrogen-bond acceptors (Lipinski definition) is 1. The van der Waals surface area contributed by atoms with Crippen LogP contribution in [0.3, 0.4) is 0 Å². The molecule has 0 aromatic heterocycles. The van der Waals surface area contributed by atoms with E-state index < -0.39 is 0 Å². The molecule has 1 heteroatoms. The molecular formula is C20H25N. The molecule has 2 aromatic rings. The predicted molar refractivity (Wildman–Crippen MR) is 90.9 cm³/mol. The van der Waals surface area contributed by atoms with Crippen LogP contribution in [0.25, 0.3) is 0 Å². The molecule has 0 bridgehead atoms. The molecule has 0 spiro atoms. The topological polar surface area (TPSA) is 12.0 Å². The quantitative estimate of drug-likeness (QED) is 0.781. The standard InChI is InChI=1S/C20H25N/c1-13-10-14(2)18(15(3)11-13)21-19-17-9-7-6-8-16(17)12-20(19,4)5/h6-11,19,21H,12H2,1-5H3. The first-order valence-corrected chi connectivity index (χ1v) is 7.81. The average molecular weight is 279 g/mol. The highest BCUT2D eigenvalue weighted by Gasteiger charge is 2.38. The number of anilines is 1. The monoisotopic (exact) mass is 279 g/mol. The highest BCUT2D eigenvalue weighted by molar-refractivity contribution is 5.60. The molecule has 1 nitrogen and oxygen atoms in total. The maximum atomic E-state index is 3.85. The Balaban J connectivity index is 2.02. The number of rotatable bonds is 2. The number of aryl methyl sites for hydroxylation is 3. The second-order valence-corrected chi connectivity index (χ2v) is 7.22. The Morgan fingerprint density at radius 1 is 1.00 bits per heavy atom. The lowest BCUT2D eigenvalue weighted by atomic mass is 9.85. The maximum Gasteiger partial charge on any atom is 0.0570 e. The SMILES string of the molecule is Cc1cc(C)c(NC2c3ccccc3CC2(C)C)c(C)c1. The van der Waals surface area contributed by atoms with E-state index in [9.17, 15) is 0 Å². The summed E-state index contributed by atoms with van der Waals surface area (Å²) in [7, 11) is 0. The number of benzene rings is 2. The van der Waals surface area contributed by atoms with Gasteiger partial charge in [0.2, 0.25) is 0 Å². The Morgan fingerprint density at radius 2 is 1.62 bits per heavy atom. The molecule has 1 N–H and O–H groups in total. The molecule has 110 valence electrons. The van der Waals surface area contributed by atoms with Gasteiger partial charge in [-0.3, -0.25) is 0 Å². The molecule has 1 aliphatic rings. The number of nitrogens with one attached hydrogen (secondary N) is 1. The largest absolute Gasteiger partial charge is 0.377 e. The van der Waals surface area contributed by atoms with Crippen LogP contribution in [-0.2, 0) is 6.42 Å². The van der Waals surface area contributed by atoms with Gasteiger partial charge in [0.25, 0.3) is 0 Å². The molecule has 2 aromatic carbocycles. The van der Waals surface area contributed by atoms with Crippen molar-refractivity contribution < 1.29 is 0 Å². The van der Waals surface area contributed by atoms with E-state index in [0.717, 1.165) is 6.42 Å². The van der Waals surface area contributed by atoms with Crippen molar-refractivity contribution in [3.63, 3.8) is 0 Å². The van der Waals surface area contributed by atoms with E-state index in [2.05, 4.69) is 76.3 Å². The lowest BCUT2D eigenvalue weighted by molar-refractivity contribution is 0.337. The normalized spacial score (nSPS) is 19.4. The van der Waals surface area contributed by atoms with Gasteiger partial charge in [0.1, 0.15) is 0 Å². The summed E-state index contributed by atoms with van der Waals surface area (Å²) in [5, 5.41) is 3.85. The Bertz CT molecular complexity index is 659. The smallest absolute Gasteiger partial charge is 0.0570 e. The molecule has 0 saturated heterocycles. The van der Waals surface area contributed by atoms with Crippen molar-refractivity contribution in [3.8, 4) is 0 Å². The zero-order valence-corrected chi connectivity index (χ0v) is 13.7. The molecule has 1 atom stereocenters. The first-order chi connectivity index (χ1) is 9.88. The van der Waals surface area contributed by atoms with Gasteiger partial charge in [0.15, 0.2) is 0 Å². The zero-order chi connectivity index (χ0) is 15.2. The van der Waals surface area contributed by atoms with Gasteiger partial charge in [-0.1, -0.05) is 55.8 Å². The summed E-state index contributed by atoms with van der Waals surface area (Å²) in [6, 6.07) is 13.8. The molecule has 0 radical (unpaired) electrons. The highest BCUT2D eigenvalue weighted by Crippen LogP contribution is 2.47. The Labute approximate surface area is 128 Å². The molecule has 0 amide bonds. The van der Waals surface area contributed by atoms with Gasteiger partial charge >= 0.3 is 0 Å². The van der Waals surface area contributed by atoms with Gasteiger partial charge in [0.05, 0.1) is 6.04 Å². The average Bonchev–Trinajstić information content (AvgIpc) is 2.63. The van der Waals surface area contributed by atoms with E-state index in [-0.39, 0.29) is 5.41 Å². The second-order valence-electron chi connectivity index (χ2n) is 7.22. The number of fused-ring (bicyclic) bond motifs is 1. The van der Waals surface area contributed by atoms with Crippen molar-refractivity contribution in [2.75, 3.05) is 5.32 Å². The Hall–Kier alpha value is -1.76. The van der Waals surface area contributed by atoms with Gasteiger partial charge < -0.3 is 5.32 Å². The second kappa shape index (κ2) is 4.91. The van der Waals surface area contributed by atoms with Crippen molar-refractivity contribution in [2.45, 2.75) is 47.1 Å². The van der Waals surface area contributed by atoms with Crippen LogP contribution in [0.1, 0.15) is 47.7 Å². The fourth-order valence-electron chi connectivity index (χ4n) is 3.82. The van der Waals surface area contributed by atoms with Crippen LogP contribution in [0.4, 0.5) is 5.69 Å². The third-order valence-electron chi connectivity index (χ3n) is 4.76. The van der Waals surface area contributed by atoms with Gasteiger partial charge in [-0.05, 0) is 54.9 Å². The van der Waals surface area contributed by atoms with Crippen molar-refractivity contribution in [3.05, 3.63) is 64.2 Å². The van der Waals surface area contributed by atoms with E-state index in [4.69, 9.17) is 0 Å². The molecule has 21 heavy (non-hydrogen) atoms. The highest BCUT2D eigenvalue weighted by atomic mass is 15.0. The summed E-state index contributed by atoms with van der Waals surface area (Å²) in [5.41, 5.74) is 8.51. The van der Waals surface area contributed by atoms with Gasteiger partial charge in [-0.2, -0.15) is 0 Å². The van der Waals surface area contributed by atoms with E-state index in [1.807, 2.05) is 0 Å². The van der Waals surface area contributed by atoms with E-state index in [1.54, 1.807) is 0 Å². The van der Waals surface area contributed by atoms with Gasteiger partial charge in [-0.25, -0.2) is 0 Å². The van der Waals surface area contributed by atoms with Crippen molar-refractivity contribution in [1.29, 1.82) is 0 Å². The Morgan fingerprint density at radius 3 is 2.29 bits per heavy atom. The van der Waals surface area contributed by atoms with Gasteiger partial charge in [-0.15, -0.1) is 0 Å². The molecule has 1 aliphatic carbocycles. The van der Waals surface area contributed by atoms with Crippen LogP contribution >= 0.6 is 0 Å². The molecule has 3 rings (SSSR count). The van der Waals surface area contributed by atoms with E-state index >= 15 is 0 Å². The van der Waals surface area contributed by atoms with E-state index in [1.165, 1.54) is 33.5 Å². The predicted octanol–water partition coefficient (Wildman–Crippen LogP) is 5.35. The molecular weight excluding hydrogens is 254 g/mol. The molecule has 1 unspecified atom stereocenters. The molecule has 0 heterocycles. The van der Waals surface area contributed by atoms with Gasteiger partial charge in [0, 0.05) is 5.69 Å². The lowest BCUT2D eigenvalue weighted by Crippen LogP contribution is -2.25. The summed E-state index contributed by atoms with van der Waals surface area (Å²) in [6.07, 6.45) is 1.14. The van der Waals surface area contributed by atoms with Crippen LogP contribution in [0.2, 0.25) is 0 Å². The summed E-state index contributed by atoms with van der Waals surface area (Å²) in [5.74, 6) is 0. The first kappa shape index (κ1) is 14.2. The fourth-order valence-corrected chi connectivity index (χ4v) is 3.82. The molecule has 0 aliphatic heterocycles. The van der Waals surface area contributed by atoms with Crippen LogP contribution < -0.4 is 5.32 Å². The number of hydrogen-bond donors (Lipinski definition) is 1. The lowest BCUT2D eigenvalue weighted by Gasteiger charge is -2.31. The third-order valence-corrected chi connectivity index (χ3v) is 4.76. The molecule has 0 saturated carbocycles. The minimum Gasteiger partial charge on any atom is -0.377 e. The van der Waals surface area contributed by atoms with Crippen molar-refractivity contribution in [1.82, 2.24) is 0 Å². The van der Waals surface area contributed by atoms with Crippen LogP contribution in [-0.4, -0.2) is 0 Å². The van der Waals surface area contributed by atoms with Crippen LogP contribution in [0, 0.1) is 26.2 Å². The fraction of sp³-hybridized carbons (Fsp3) is 0.400. The van der Waals surface area contributed by atoms with Crippen molar-refractivity contribution in [2.24, 2.45) is 5.41 Å². The maximum absolute atomic E-state index is 3.85. The van der Waals surface area contributed by atoms with Crippen molar-refractivity contribution >= 4 is 5.69 Å². The first-order valence-electron chi connectivity index (χ1n) is 7.81. The van der Waals surface area contributed by atoms with E-state index in [0.29, 0.717) is 6.04 Å². The summed E-state index contributed by atoms with van der Waals surface area (Å²) in [6.45, 7) is 11.3. The van der Waals surface area contributed by atoms with Crippen LogP contribution in [0.5, 0.6) is 0 Å². The van der Waals surface area contributed by atoms with Crippen LogP contribution in [0.15, 0.2) is 36.4 Å². The summed E-state index contributed by atoms with van der Waals surface area (Å²) < 4.78 is 0. The Kier molecular flexibility index (Phi) is 3.32. The minimum atomic E-state index is 0.244. The zero-order valence-electron chi connectivity index (χ0n) is 13.7. The molecule has 0 fully saturated rings. The summed E-state index contributed by atoms with van der Waals surface area (Å²) in [4.78, 5) is 0. The third kappa shape index (κ3) is 2.46. The summed E-state index contributed by atoms with van der Waals surface area (Å²) >= 11 is 0. The minimum absolute atomic E-state index is 0.244.